The van der Waals surface area contributed by atoms with Gasteiger partial charge in [-0.2, -0.15) is 0 Å². The van der Waals surface area contributed by atoms with Crippen molar-refractivity contribution in [3.63, 3.8) is 0 Å². The minimum absolute atomic E-state index is 0.0716. The summed E-state index contributed by atoms with van der Waals surface area (Å²) in [5.74, 6) is 0.806. The van der Waals surface area contributed by atoms with Gasteiger partial charge in [0.15, 0.2) is 5.13 Å². The first kappa shape index (κ1) is 17.8. The summed E-state index contributed by atoms with van der Waals surface area (Å²) in [6.07, 6.45) is 0.401. The largest absolute Gasteiger partial charge is 0.494 e. The van der Waals surface area contributed by atoms with Crippen molar-refractivity contribution in [1.29, 1.82) is 0 Å². The zero-order valence-corrected chi connectivity index (χ0v) is 16.2. The molecule has 132 valence electrons. The van der Waals surface area contributed by atoms with E-state index in [0.717, 1.165) is 32.5 Å². The van der Waals surface area contributed by atoms with E-state index in [0.29, 0.717) is 13.0 Å². The Kier molecular flexibility index (Phi) is 5.67. The van der Waals surface area contributed by atoms with Crippen molar-refractivity contribution in [3.8, 4) is 5.75 Å². The number of thiophene rings is 1. The number of anilines is 1. The molecule has 1 aromatic carbocycles. The van der Waals surface area contributed by atoms with Gasteiger partial charge in [0.2, 0.25) is 5.91 Å². The first-order valence-electron chi connectivity index (χ1n) is 7.99. The highest BCUT2D eigenvalue weighted by Gasteiger charge is 2.21. The Labute approximate surface area is 155 Å². The standard InChI is InChI=1S/C18H21N3O2S2/c1-20(2)9-10-21(16(22)12-13-6-5-11-24-13)18-19-17-14(23-3)7-4-8-15(17)25-18/h4-8,11H,9-10,12H2,1-3H3. The first-order chi connectivity index (χ1) is 12.1. The highest BCUT2D eigenvalue weighted by Crippen LogP contribution is 2.34. The maximum absolute atomic E-state index is 12.9. The predicted octanol–water partition coefficient (Wildman–Crippen LogP) is 3.50. The highest BCUT2D eigenvalue weighted by atomic mass is 32.1. The zero-order chi connectivity index (χ0) is 17.8. The van der Waals surface area contributed by atoms with Gasteiger partial charge >= 0.3 is 0 Å². The number of amides is 1. The smallest absolute Gasteiger partial charge is 0.234 e. The lowest BCUT2D eigenvalue weighted by molar-refractivity contribution is -0.118. The second-order valence-corrected chi connectivity index (χ2v) is 7.95. The molecular weight excluding hydrogens is 354 g/mol. The molecule has 0 atom stereocenters. The van der Waals surface area contributed by atoms with Gasteiger partial charge in [-0.05, 0) is 37.7 Å². The summed E-state index contributed by atoms with van der Waals surface area (Å²) in [7, 11) is 5.64. The minimum atomic E-state index is 0.0716. The molecule has 5 nitrogen and oxygen atoms in total. The van der Waals surface area contributed by atoms with Gasteiger partial charge in [-0.25, -0.2) is 4.98 Å². The van der Waals surface area contributed by atoms with Crippen LogP contribution >= 0.6 is 22.7 Å². The molecular formula is C18H21N3O2S2. The fourth-order valence-electron chi connectivity index (χ4n) is 2.48. The van der Waals surface area contributed by atoms with E-state index in [1.807, 2.05) is 49.8 Å². The number of para-hydroxylation sites is 1. The van der Waals surface area contributed by atoms with E-state index in [-0.39, 0.29) is 5.91 Å². The number of thiazole rings is 1. The number of rotatable bonds is 7. The summed E-state index contributed by atoms with van der Waals surface area (Å²) in [5.41, 5.74) is 0.809. The van der Waals surface area contributed by atoms with Crippen molar-refractivity contribution in [3.05, 3.63) is 40.6 Å². The fourth-order valence-corrected chi connectivity index (χ4v) is 4.20. The van der Waals surface area contributed by atoms with Crippen molar-refractivity contribution >= 4 is 43.9 Å². The van der Waals surface area contributed by atoms with Crippen molar-refractivity contribution in [1.82, 2.24) is 9.88 Å². The average molecular weight is 376 g/mol. The van der Waals surface area contributed by atoms with Gasteiger partial charge in [-0.3, -0.25) is 9.69 Å². The molecule has 0 aliphatic carbocycles. The van der Waals surface area contributed by atoms with Crippen LogP contribution in [0.2, 0.25) is 0 Å². The molecule has 0 aliphatic heterocycles. The van der Waals surface area contributed by atoms with Crippen LogP contribution in [-0.4, -0.2) is 50.1 Å². The van der Waals surface area contributed by atoms with Gasteiger partial charge < -0.3 is 9.64 Å². The van der Waals surface area contributed by atoms with E-state index in [4.69, 9.17) is 9.72 Å². The van der Waals surface area contributed by atoms with Gasteiger partial charge in [0.05, 0.1) is 18.2 Å². The van der Waals surface area contributed by atoms with Crippen LogP contribution in [0.3, 0.4) is 0 Å². The minimum Gasteiger partial charge on any atom is -0.494 e. The first-order valence-corrected chi connectivity index (χ1v) is 9.69. The normalized spacial score (nSPS) is 11.2. The van der Waals surface area contributed by atoms with E-state index in [9.17, 15) is 4.79 Å². The SMILES string of the molecule is COc1cccc2sc(N(CCN(C)C)C(=O)Cc3cccs3)nc12. The molecule has 7 heteroatoms. The van der Waals surface area contributed by atoms with Crippen LogP contribution in [0.15, 0.2) is 35.7 Å². The van der Waals surface area contributed by atoms with Gasteiger partial charge in [0.1, 0.15) is 11.3 Å². The molecule has 3 rings (SSSR count). The number of ether oxygens (including phenoxy) is 1. The van der Waals surface area contributed by atoms with Crippen LogP contribution in [0.4, 0.5) is 5.13 Å². The molecule has 0 aliphatic rings. The van der Waals surface area contributed by atoms with Crippen LogP contribution in [-0.2, 0) is 11.2 Å². The number of fused-ring (bicyclic) bond motifs is 1. The molecule has 0 radical (unpaired) electrons. The summed E-state index contributed by atoms with van der Waals surface area (Å²) in [6.45, 7) is 1.39. The van der Waals surface area contributed by atoms with Gasteiger partial charge in [-0.1, -0.05) is 23.5 Å². The van der Waals surface area contributed by atoms with Crippen LogP contribution in [0.5, 0.6) is 5.75 Å². The third-order valence-corrected chi connectivity index (χ3v) is 5.72. The van der Waals surface area contributed by atoms with E-state index in [1.165, 1.54) is 11.3 Å². The number of nitrogens with zero attached hydrogens (tertiary/aromatic N) is 3. The molecule has 1 amide bonds. The maximum atomic E-state index is 12.9. The van der Waals surface area contributed by atoms with E-state index in [1.54, 1.807) is 23.3 Å². The number of hydrogen-bond donors (Lipinski definition) is 0. The number of methoxy groups -OCH3 is 1. The molecule has 0 N–H and O–H groups in total. The van der Waals surface area contributed by atoms with Crippen molar-refractivity contribution in [2.75, 3.05) is 39.2 Å². The van der Waals surface area contributed by atoms with Crippen LogP contribution < -0.4 is 9.64 Å². The number of hydrogen-bond acceptors (Lipinski definition) is 6. The van der Waals surface area contributed by atoms with Crippen LogP contribution in [0.1, 0.15) is 4.88 Å². The second-order valence-electron chi connectivity index (χ2n) is 5.91. The summed E-state index contributed by atoms with van der Waals surface area (Å²) < 4.78 is 6.42. The highest BCUT2D eigenvalue weighted by molar-refractivity contribution is 7.22. The molecule has 2 heterocycles. The molecule has 0 saturated heterocycles. The average Bonchev–Trinajstić information content (AvgIpc) is 3.23. The molecule has 0 spiro atoms. The summed E-state index contributed by atoms with van der Waals surface area (Å²) in [5, 5.41) is 2.72. The lowest BCUT2D eigenvalue weighted by Gasteiger charge is -2.21. The third-order valence-electron chi connectivity index (χ3n) is 3.80. The number of benzene rings is 1. The summed E-state index contributed by atoms with van der Waals surface area (Å²) >= 11 is 3.13. The Morgan fingerprint density at radius 1 is 1.20 bits per heavy atom. The van der Waals surface area contributed by atoms with E-state index < -0.39 is 0 Å². The van der Waals surface area contributed by atoms with Gasteiger partial charge in [0, 0.05) is 18.0 Å². The Morgan fingerprint density at radius 3 is 2.72 bits per heavy atom. The van der Waals surface area contributed by atoms with Crippen molar-refractivity contribution in [2.24, 2.45) is 0 Å². The number of carbonyl (C=O) groups is 1. The number of aromatic nitrogens is 1. The summed E-state index contributed by atoms with van der Waals surface area (Å²) in [6, 6.07) is 9.81. The van der Waals surface area contributed by atoms with Gasteiger partial charge in [-0.15, -0.1) is 11.3 Å². The number of likely N-dealkylation sites (N-methyl/N-ethyl adjacent to an activating group) is 1. The van der Waals surface area contributed by atoms with Crippen LogP contribution in [0, 0.1) is 0 Å². The van der Waals surface area contributed by atoms with Gasteiger partial charge in [0.25, 0.3) is 0 Å². The monoisotopic (exact) mass is 375 g/mol. The Morgan fingerprint density at radius 2 is 2.04 bits per heavy atom. The fraction of sp³-hybridized carbons (Fsp3) is 0.333. The molecule has 0 saturated carbocycles. The Bertz CT molecular complexity index is 843. The molecule has 0 bridgehead atoms. The molecule has 3 aromatic rings. The predicted molar refractivity (Wildman–Crippen MR) is 105 cm³/mol. The molecule has 2 aromatic heterocycles. The van der Waals surface area contributed by atoms with E-state index in [2.05, 4.69) is 4.90 Å². The van der Waals surface area contributed by atoms with E-state index >= 15 is 0 Å². The number of carbonyl (C=O) groups excluding carboxylic acids is 1. The third kappa shape index (κ3) is 4.18. The molecule has 0 unspecified atom stereocenters. The maximum Gasteiger partial charge on any atom is 0.234 e. The quantitative estimate of drug-likeness (QED) is 0.634. The van der Waals surface area contributed by atoms with Crippen molar-refractivity contribution in [2.45, 2.75) is 6.42 Å². The van der Waals surface area contributed by atoms with Crippen LogP contribution in [0.25, 0.3) is 10.2 Å². The lowest BCUT2D eigenvalue weighted by atomic mass is 10.3. The molecule has 0 fully saturated rings. The zero-order valence-electron chi connectivity index (χ0n) is 14.6. The lowest BCUT2D eigenvalue weighted by Crippen LogP contribution is -2.37. The second kappa shape index (κ2) is 7.95. The summed E-state index contributed by atoms with van der Waals surface area (Å²) in [4.78, 5) is 22.5. The Balaban J connectivity index is 1.91. The van der Waals surface area contributed by atoms with Crippen molar-refractivity contribution < 1.29 is 9.53 Å². The Hall–Kier alpha value is -1.96. The topological polar surface area (TPSA) is 45.7 Å². The molecule has 25 heavy (non-hydrogen) atoms.